The second kappa shape index (κ2) is 9.09. The van der Waals surface area contributed by atoms with E-state index in [1.807, 2.05) is 18.2 Å². The van der Waals surface area contributed by atoms with E-state index < -0.39 is 6.04 Å². The summed E-state index contributed by atoms with van der Waals surface area (Å²) in [5.74, 6) is 0.398. The highest BCUT2D eigenvalue weighted by molar-refractivity contribution is 6.34. The first-order chi connectivity index (χ1) is 17.4. The number of halogens is 1. The Morgan fingerprint density at radius 3 is 2.67 bits per heavy atom. The molecule has 3 atom stereocenters. The van der Waals surface area contributed by atoms with Crippen LogP contribution in [0.3, 0.4) is 0 Å². The molecule has 1 aromatic heterocycles. The highest BCUT2D eigenvalue weighted by Gasteiger charge is 2.51. The molecule has 3 heterocycles. The molecular weight excluding hydrogens is 478 g/mol. The molecule has 36 heavy (non-hydrogen) atoms. The van der Waals surface area contributed by atoms with Gasteiger partial charge in [0.2, 0.25) is 5.91 Å². The molecule has 6 rings (SSSR count). The summed E-state index contributed by atoms with van der Waals surface area (Å²) in [5, 5.41) is 3.45. The molecule has 1 saturated carbocycles. The number of carbonyl (C=O) groups excluding carboxylic acids is 2. The molecule has 0 spiro atoms. The largest absolute Gasteiger partial charge is 0.441 e. The van der Waals surface area contributed by atoms with Crippen LogP contribution in [0, 0.1) is 12.8 Å². The predicted molar refractivity (Wildman–Crippen MR) is 140 cm³/mol. The number of hydrogen-bond acceptors (Lipinski definition) is 6. The van der Waals surface area contributed by atoms with E-state index in [0.717, 1.165) is 51.1 Å². The number of piperazine rings is 1. The van der Waals surface area contributed by atoms with Crippen LogP contribution in [-0.2, 0) is 4.79 Å². The Balaban J connectivity index is 1.22. The van der Waals surface area contributed by atoms with E-state index in [1.54, 1.807) is 30.0 Å². The van der Waals surface area contributed by atoms with E-state index >= 15 is 0 Å². The summed E-state index contributed by atoms with van der Waals surface area (Å²) < 4.78 is 5.53. The number of oxazole rings is 1. The second-order valence-corrected chi connectivity index (χ2v) is 10.7. The third-order valence-electron chi connectivity index (χ3n) is 7.90. The minimum atomic E-state index is -0.514. The van der Waals surface area contributed by atoms with Crippen LogP contribution in [0.4, 0.5) is 11.4 Å². The number of aryl methyl sites for hydroxylation is 1. The molecule has 3 aromatic rings. The number of aromatic nitrogens is 1. The Labute approximate surface area is 215 Å². The van der Waals surface area contributed by atoms with Crippen LogP contribution in [0.5, 0.6) is 0 Å². The molecule has 188 valence electrons. The summed E-state index contributed by atoms with van der Waals surface area (Å²) in [6.07, 6.45) is 2.72. The predicted octanol–water partition coefficient (Wildman–Crippen LogP) is 4.17. The van der Waals surface area contributed by atoms with Crippen LogP contribution < -0.4 is 10.2 Å². The fourth-order valence-corrected chi connectivity index (χ4v) is 6.29. The zero-order chi connectivity index (χ0) is 25.0. The van der Waals surface area contributed by atoms with E-state index in [4.69, 9.17) is 16.0 Å². The lowest BCUT2D eigenvalue weighted by atomic mass is 9.97. The number of likely N-dealkylation sites (tertiary alicyclic amines) is 1. The van der Waals surface area contributed by atoms with Crippen LogP contribution >= 0.6 is 11.6 Å². The average molecular weight is 508 g/mol. The summed E-state index contributed by atoms with van der Waals surface area (Å²) in [5.41, 5.74) is 3.50. The molecule has 2 bridgehead atoms. The maximum atomic E-state index is 13.8. The molecule has 8 nitrogen and oxygen atoms in total. The molecule has 3 fully saturated rings. The van der Waals surface area contributed by atoms with Crippen molar-refractivity contribution < 1.29 is 14.0 Å². The number of nitrogens with one attached hydrogen (secondary N) is 1. The molecule has 2 aliphatic heterocycles. The van der Waals surface area contributed by atoms with Gasteiger partial charge in [0.1, 0.15) is 11.6 Å². The van der Waals surface area contributed by atoms with E-state index in [0.29, 0.717) is 33.3 Å². The Morgan fingerprint density at radius 2 is 1.89 bits per heavy atom. The number of benzene rings is 2. The van der Waals surface area contributed by atoms with Crippen molar-refractivity contribution in [2.75, 3.05) is 43.4 Å². The van der Waals surface area contributed by atoms with Gasteiger partial charge < -0.3 is 24.4 Å². The molecule has 3 aliphatic rings. The molecule has 0 radical (unpaired) electrons. The lowest BCUT2D eigenvalue weighted by Crippen LogP contribution is -2.51. The standard InChI is InChI=1S/C27H30ClN5O3/c1-16-29-23-14-18(4-8-24(23)36-16)30-26(34)25-17-3-5-20(13-17)33(25)27(35)21-7-6-19(15-22(21)28)32-11-9-31(2)10-12-32/h4,6-8,14-15,17,20,25H,3,5,9-13H2,1-2H3,(H,30,34)/t17-,20+,25-/m0/s1. The summed E-state index contributed by atoms with van der Waals surface area (Å²) in [7, 11) is 2.12. The van der Waals surface area contributed by atoms with Crippen molar-refractivity contribution in [3.8, 4) is 0 Å². The van der Waals surface area contributed by atoms with Crippen molar-refractivity contribution in [3.63, 3.8) is 0 Å². The minimum Gasteiger partial charge on any atom is -0.441 e. The first-order valence-electron chi connectivity index (χ1n) is 12.6. The van der Waals surface area contributed by atoms with Gasteiger partial charge in [-0.15, -0.1) is 0 Å². The quantitative estimate of drug-likeness (QED) is 0.570. The summed E-state index contributed by atoms with van der Waals surface area (Å²) in [6.45, 7) is 5.64. The van der Waals surface area contributed by atoms with Gasteiger partial charge in [0.05, 0.1) is 10.6 Å². The third-order valence-corrected chi connectivity index (χ3v) is 8.21. The van der Waals surface area contributed by atoms with Gasteiger partial charge >= 0.3 is 0 Å². The highest BCUT2D eigenvalue weighted by Crippen LogP contribution is 2.44. The van der Waals surface area contributed by atoms with Gasteiger partial charge in [-0.25, -0.2) is 4.98 Å². The Bertz CT molecular complexity index is 1330. The molecule has 9 heteroatoms. The first kappa shape index (κ1) is 23.3. The zero-order valence-electron chi connectivity index (χ0n) is 20.5. The molecule has 0 unspecified atom stereocenters. The lowest BCUT2D eigenvalue weighted by Gasteiger charge is -2.35. The molecule has 1 N–H and O–H groups in total. The molecule has 2 saturated heterocycles. The van der Waals surface area contributed by atoms with Crippen LogP contribution in [-0.4, -0.2) is 71.9 Å². The van der Waals surface area contributed by atoms with Gasteiger partial charge in [0.15, 0.2) is 11.5 Å². The summed E-state index contributed by atoms with van der Waals surface area (Å²) in [6, 6.07) is 10.6. The van der Waals surface area contributed by atoms with E-state index in [-0.39, 0.29) is 23.8 Å². The maximum absolute atomic E-state index is 13.8. The topological polar surface area (TPSA) is 81.9 Å². The normalized spacial score (nSPS) is 24.0. The van der Waals surface area contributed by atoms with Gasteiger partial charge in [-0.1, -0.05) is 11.6 Å². The lowest BCUT2D eigenvalue weighted by molar-refractivity contribution is -0.121. The number of piperidine rings is 1. The Morgan fingerprint density at radius 1 is 1.08 bits per heavy atom. The zero-order valence-corrected chi connectivity index (χ0v) is 21.3. The third kappa shape index (κ3) is 4.12. The molecular formula is C27H30ClN5O3. The maximum Gasteiger partial charge on any atom is 0.256 e. The number of likely N-dealkylation sites (N-methyl/N-ethyl adjacent to an activating group) is 1. The smallest absolute Gasteiger partial charge is 0.256 e. The monoisotopic (exact) mass is 507 g/mol. The van der Waals surface area contributed by atoms with Gasteiger partial charge in [0.25, 0.3) is 5.91 Å². The summed E-state index contributed by atoms with van der Waals surface area (Å²) in [4.78, 5) is 37.9. The summed E-state index contributed by atoms with van der Waals surface area (Å²) >= 11 is 6.67. The minimum absolute atomic E-state index is 0.0623. The van der Waals surface area contributed by atoms with Crippen molar-refractivity contribution in [2.24, 2.45) is 5.92 Å². The van der Waals surface area contributed by atoms with Crippen molar-refractivity contribution in [3.05, 3.63) is 52.9 Å². The number of hydrogen-bond donors (Lipinski definition) is 1. The first-order valence-corrected chi connectivity index (χ1v) is 13.0. The second-order valence-electron chi connectivity index (χ2n) is 10.2. The van der Waals surface area contributed by atoms with Crippen LogP contribution in [0.25, 0.3) is 11.1 Å². The number of amides is 2. The van der Waals surface area contributed by atoms with Gasteiger partial charge in [-0.3, -0.25) is 9.59 Å². The molecule has 1 aliphatic carbocycles. The Kier molecular flexibility index (Phi) is 5.88. The number of fused-ring (bicyclic) bond motifs is 3. The number of anilines is 2. The number of carbonyl (C=O) groups is 2. The van der Waals surface area contributed by atoms with E-state index in [1.165, 1.54) is 0 Å². The van der Waals surface area contributed by atoms with E-state index in [2.05, 4.69) is 27.1 Å². The van der Waals surface area contributed by atoms with Crippen LogP contribution in [0.2, 0.25) is 5.02 Å². The van der Waals surface area contributed by atoms with Crippen LogP contribution in [0.1, 0.15) is 35.5 Å². The van der Waals surface area contributed by atoms with Crippen molar-refractivity contribution in [1.29, 1.82) is 0 Å². The SMILES string of the molecule is Cc1nc2cc(NC(=O)[C@@H]3[C@H]4CC[C@H](C4)N3C(=O)c3ccc(N4CCN(C)CC4)cc3Cl)ccc2o1. The fraction of sp³-hybridized carbons (Fsp3) is 0.444. The van der Waals surface area contributed by atoms with Gasteiger partial charge in [-0.05, 0) is 68.6 Å². The van der Waals surface area contributed by atoms with Crippen molar-refractivity contribution in [1.82, 2.24) is 14.8 Å². The van der Waals surface area contributed by atoms with E-state index in [9.17, 15) is 9.59 Å². The number of rotatable bonds is 4. The fourth-order valence-electron chi connectivity index (χ4n) is 6.03. The van der Waals surface area contributed by atoms with Gasteiger partial charge in [-0.2, -0.15) is 0 Å². The van der Waals surface area contributed by atoms with Gasteiger partial charge in [0, 0.05) is 50.5 Å². The van der Waals surface area contributed by atoms with Crippen LogP contribution in [0.15, 0.2) is 40.8 Å². The van der Waals surface area contributed by atoms with Crippen molar-refractivity contribution in [2.45, 2.75) is 38.3 Å². The molecule has 2 amide bonds. The van der Waals surface area contributed by atoms with Crippen molar-refractivity contribution >= 4 is 45.9 Å². The number of nitrogens with zero attached hydrogens (tertiary/aromatic N) is 4. The molecule has 2 aromatic carbocycles. The average Bonchev–Trinajstić information content (AvgIpc) is 3.57. The Hall–Kier alpha value is -3.10. The highest BCUT2D eigenvalue weighted by atomic mass is 35.5.